The standard InChI is InChI=1S/C14H13N3O4/c1-4-21-14(18)11-12(19-2)10-9(13(17-11)20-3)6-5-8(7-15)16-10/h5-6H,4H2,1-3H3. The van der Waals surface area contributed by atoms with Crippen LogP contribution >= 0.6 is 0 Å². The van der Waals surface area contributed by atoms with Gasteiger partial charge >= 0.3 is 5.97 Å². The first kappa shape index (κ1) is 14.5. The van der Waals surface area contributed by atoms with Gasteiger partial charge in [0, 0.05) is 0 Å². The maximum Gasteiger partial charge on any atom is 0.361 e. The van der Waals surface area contributed by atoms with E-state index >= 15 is 0 Å². The number of rotatable bonds is 4. The van der Waals surface area contributed by atoms with Crippen LogP contribution in [0.25, 0.3) is 10.9 Å². The van der Waals surface area contributed by atoms with Gasteiger partial charge in [0.2, 0.25) is 5.88 Å². The van der Waals surface area contributed by atoms with Gasteiger partial charge in [-0.15, -0.1) is 0 Å². The normalized spacial score (nSPS) is 10.0. The van der Waals surface area contributed by atoms with E-state index in [9.17, 15) is 4.79 Å². The molecule has 0 N–H and O–H groups in total. The van der Waals surface area contributed by atoms with Crippen molar-refractivity contribution in [2.45, 2.75) is 6.92 Å². The lowest BCUT2D eigenvalue weighted by atomic mass is 10.2. The minimum atomic E-state index is -0.640. The van der Waals surface area contributed by atoms with Crippen LogP contribution in [-0.4, -0.2) is 36.8 Å². The molecule has 0 aliphatic rings. The highest BCUT2D eigenvalue weighted by Gasteiger charge is 2.23. The molecule has 0 aromatic carbocycles. The molecule has 7 heteroatoms. The average molecular weight is 287 g/mol. The van der Waals surface area contributed by atoms with Gasteiger partial charge in [-0.05, 0) is 19.1 Å². The van der Waals surface area contributed by atoms with Gasteiger partial charge in [-0.3, -0.25) is 0 Å². The van der Waals surface area contributed by atoms with Gasteiger partial charge in [-0.2, -0.15) is 5.26 Å². The van der Waals surface area contributed by atoms with E-state index in [-0.39, 0.29) is 29.6 Å². The second-order valence-electron chi connectivity index (χ2n) is 3.93. The van der Waals surface area contributed by atoms with Crippen LogP contribution in [0.15, 0.2) is 12.1 Å². The van der Waals surface area contributed by atoms with Crippen LogP contribution in [0.1, 0.15) is 23.1 Å². The molecule has 2 aromatic heterocycles. The molecule has 0 saturated heterocycles. The monoisotopic (exact) mass is 287 g/mol. The van der Waals surface area contributed by atoms with Crippen molar-refractivity contribution in [1.29, 1.82) is 5.26 Å². The van der Waals surface area contributed by atoms with Crippen molar-refractivity contribution in [1.82, 2.24) is 9.97 Å². The Hall–Kier alpha value is -2.88. The van der Waals surface area contributed by atoms with Crippen molar-refractivity contribution in [3.8, 4) is 17.7 Å². The third-order valence-electron chi connectivity index (χ3n) is 2.75. The second-order valence-corrected chi connectivity index (χ2v) is 3.93. The predicted octanol–water partition coefficient (Wildman–Crippen LogP) is 1.70. The predicted molar refractivity (Wildman–Crippen MR) is 73.3 cm³/mol. The van der Waals surface area contributed by atoms with E-state index in [4.69, 9.17) is 19.5 Å². The molecule has 0 saturated carbocycles. The number of hydrogen-bond acceptors (Lipinski definition) is 7. The molecule has 0 fully saturated rings. The van der Waals surface area contributed by atoms with Crippen LogP contribution in [0.4, 0.5) is 0 Å². The summed E-state index contributed by atoms with van der Waals surface area (Å²) in [5, 5.41) is 9.50. The van der Waals surface area contributed by atoms with E-state index < -0.39 is 5.97 Å². The summed E-state index contributed by atoms with van der Waals surface area (Å²) in [5.74, 6) is -0.272. The molecule has 0 atom stereocenters. The largest absolute Gasteiger partial charge is 0.492 e. The quantitative estimate of drug-likeness (QED) is 0.790. The van der Waals surface area contributed by atoms with Crippen molar-refractivity contribution < 1.29 is 19.0 Å². The Kier molecular flexibility index (Phi) is 4.18. The summed E-state index contributed by atoms with van der Waals surface area (Å²) in [6.07, 6.45) is 0. The van der Waals surface area contributed by atoms with E-state index in [2.05, 4.69) is 9.97 Å². The van der Waals surface area contributed by atoms with E-state index in [1.807, 2.05) is 6.07 Å². The fourth-order valence-electron chi connectivity index (χ4n) is 1.88. The molecule has 21 heavy (non-hydrogen) atoms. The lowest BCUT2D eigenvalue weighted by Gasteiger charge is -2.12. The fourth-order valence-corrected chi connectivity index (χ4v) is 1.88. The Balaban J connectivity index is 2.81. The first-order valence-electron chi connectivity index (χ1n) is 6.16. The van der Waals surface area contributed by atoms with Gasteiger partial charge < -0.3 is 14.2 Å². The molecule has 0 amide bonds. The van der Waals surface area contributed by atoms with Gasteiger partial charge in [-0.25, -0.2) is 14.8 Å². The lowest BCUT2D eigenvalue weighted by molar-refractivity contribution is 0.0515. The van der Waals surface area contributed by atoms with E-state index in [1.54, 1.807) is 13.0 Å². The van der Waals surface area contributed by atoms with E-state index in [0.717, 1.165) is 0 Å². The summed E-state index contributed by atoms with van der Waals surface area (Å²) in [6, 6.07) is 5.12. The van der Waals surface area contributed by atoms with Gasteiger partial charge in [0.25, 0.3) is 0 Å². The van der Waals surface area contributed by atoms with Crippen molar-refractivity contribution in [3.05, 3.63) is 23.5 Å². The van der Waals surface area contributed by atoms with Gasteiger partial charge in [0.05, 0.1) is 26.2 Å². The molecular formula is C14H13N3O4. The number of pyridine rings is 2. The van der Waals surface area contributed by atoms with Crippen LogP contribution in [0.2, 0.25) is 0 Å². The fraction of sp³-hybridized carbons (Fsp3) is 0.286. The van der Waals surface area contributed by atoms with Crippen LogP contribution in [0.5, 0.6) is 11.6 Å². The molecule has 0 spiro atoms. The van der Waals surface area contributed by atoms with Gasteiger partial charge in [0.15, 0.2) is 11.4 Å². The summed E-state index contributed by atoms with van der Waals surface area (Å²) in [7, 11) is 2.83. The van der Waals surface area contributed by atoms with E-state index in [0.29, 0.717) is 10.9 Å². The molecular weight excluding hydrogens is 274 g/mol. The van der Waals surface area contributed by atoms with Gasteiger partial charge in [-0.1, -0.05) is 0 Å². The van der Waals surface area contributed by atoms with Gasteiger partial charge in [0.1, 0.15) is 17.3 Å². The molecule has 0 unspecified atom stereocenters. The molecule has 0 aliphatic heterocycles. The number of ether oxygens (including phenoxy) is 3. The third-order valence-corrected chi connectivity index (χ3v) is 2.75. The number of aromatic nitrogens is 2. The van der Waals surface area contributed by atoms with Crippen molar-refractivity contribution >= 4 is 16.9 Å². The zero-order valence-electron chi connectivity index (χ0n) is 11.8. The van der Waals surface area contributed by atoms with Crippen LogP contribution in [-0.2, 0) is 4.74 Å². The van der Waals surface area contributed by atoms with E-state index in [1.165, 1.54) is 20.3 Å². The maximum atomic E-state index is 12.0. The average Bonchev–Trinajstić information content (AvgIpc) is 2.52. The SMILES string of the molecule is CCOC(=O)c1nc(OC)c2ccc(C#N)nc2c1OC. The molecule has 2 rings (SSSR count). The summed E-state index contributed by atoms with van der Waals surface area (Å²) in [4.78, 5) is 20.3. The number of nitriles is 1. The third kappa shape index (κ3) is 2.56. The first-order valence-corrected chi connectivity index (χ1v) is 6.16. The van der Waals surface area contributed by atoms with Crippen molar-refractivity contribution in [2.75, 3.05) is 20.8 Å². The number of fused-ring (bicyclic) bond motifs is 1. The first-order chi connectivity index (χ1) is 10.2. The molecule has 0 radical (unpaired) electrons. The number of nitrogens with zero attached hydrogens (tertiary/aromatic N) is 3. The highest BCUT2D eigenvalue weighted by molar-refractivity contribution is 5.99. The Labute approximate surface area is 121 Å². The Bertz CT molecular complexity index is 737. The van der Waals surface area contributed by atoms with Crippen molar-refractivity contribution in [2.24, 2.45) is 0 Å². The zero-order valence-corrected chi connectivity index (χ0v) is 11.8. The highest BCUT2D eigenvalue weighted by atomic mass is 16.5. The smallest absolute Gasteiger partial charge is 0.361 e. The van der Waals surface area contributed by atoms with Crippen LogP contribution in [0, 0.1) is 11.3 Å². The van der Waals surface area contributed by atoms with Crippen LogP contribution in [0.3, 0.4) is 0 Å². The van der Waals surface area contributed by atoms with Crippen molar-refractivity contribution in [3.63, 3.8) is 0 Å². The Morgan fingerprint density at radius 3 is 2.62 bits per heavy atom. The Morgan fingerprint density at radius 2 is 2.05 bits per heavy atom. The molecule has 0 aliphatic carbocycles. The number of carbonyl (C=O) groups excluding carboxylic acids is 1. The lowest BCUT2D eigenvalue weighted by Crippen LogP contribution is -2.11. The summed E-state index contributed by atoms with van der Waals surface area (Å²) in [5.41, 5.74) is 0.488. The molecule has 2 aromatic rings. The molecule has 2 heterocycles. The number of methoxy groups -OCH3 is 2. The highest BCUT2D eigenvalue weighted by Crippen LogP contribution is 2.33. The topological polar surface area (TPSA) is 94.3 Å². The second kappa shape index (κ2) is 6.05. The molecule has 108 valence electrons. The Morgan fingerprint density at radius 1 is 1.29 bits per heavy atom. The zero-order chi connectivity index (χ0) is 15.4. The van der Waals surface area contributed by atoms with Crippen LogP contribution < -0.4 is 9.47 Å². The minimum Gasteiger partial charge on any atom is -0.492 e. The number of hydrogen-bond donors (Lipinski definition) is 0. The molecule has 7 nitrogen and oxygen atoms in total. The summed E-state index contributed by atoms with van der Waals surface area (Å²) >= 11 is 0. The maximum absolute atomic E-state index is 12.0. The number of carbonyl (C=O) groups is 1. The summed E-state index contributed by atoms with van der Waals surface area (Å²) < 4.78 is 15.4. The number of esters is 1. The minimum absolute atomic E-state index is 0.0358. The summed E-state index contributed by atoms with van der Waals surface area (Å²) in [6.45, 7) is 1.89. The molecule has 0 bridgehead atoms.